The molecule has 0 aromatic heterocycles. The molecule has 2 aliphatic heterocycles. The Balaban J connectivity index is 1.54. The van der Waals surface area contributed by atoms with Crippen molar-refractivity contribution < 1.29 is 13.2 Å². The van der Waals surface area contributed by atoms with Crippen molar-refractivity contribution in [3.05, 3.63) is 41.3 Å². The molecule has 1 aromatic rings. The van der Waals surface area contributed by atoms with E-state index < -0.39 is 10.0 Å². The average Bonchev–Trinajstić information content (AvgIpc) is 3.14. The van der Waals surface area contributed by atoms with Crippen LogP contribution in [0.5, 0.6) is 0 Å². The van der Waals surface area contributed by atoms with E-state index in [2.05, 4.69) is 10.3 Å². The number of nitrogens with one attached hydrogen (secondary N) is 1. The van der Waals surface area contributed by atoms with E-state index in [1.165, 1.54) is 9.71 Å². The van der Waals surface area contributed by atoms with Crippen molar-refractivity contribution in [1.82, 2.24) is 9.62 Å². The van der Waals surface area contributed by atoms with Crippen molar-refractivity contribution in [2.24, 2.45) is 10.9 Å². The molecule has 8 heteroatoms. The van der Waals surface area contributed by atoms with E-state index in [1.54, 1.807) is 17.8 Å². The highest BCUT2D eigenvalue weighted by molar-refractivity contribution is 8.14. The Hall–Kier alpha value is -1.64. The highest BCUT2D eigenvalue weighted by atomic mass is 32.2. The van der Waals surface area contributed by atoms with Crippen molar-refractivity contribution in [3.63, 3.8) is 0 Å². The number of benzene rings is 1. The minimum Gasteiger partial charge on any atom is -0.305 e. The molecule has 1 fully saturated rings. The topological polar surface area (TPSA) is 78.8 Å². The van der Waals surface area contributed by atoms with Gasteiger partial charge in [0.15, 0.2) is 5.17 Å². The quantitative estimate of drug-likeness (QED) is 0.867. The second-order valence-corrected chi connectivity index (χ2v) is 8.86. The van der Waals surface area contributed by atoms with Gasteiger partial charge in [0.2, 0.25) is 15.9 Å². The van der Waals surface area contributed by atoms with Crippen molar-refractivity contribution >= 4 is 38.9 Å². The largest absolute Gasteiger partial charge is 0.305 e. The molecule has 134 valence electrons. The summed E-state index contributed by atoms with van der Waals surface area (Å²) in [4.78, 5) is 16.4. The average molecular weight is 380 g/mol. The first-order valence-corrected chi connectivity index (χ1v) is 10.7. The lowest BCUT2D eigenvalue weighted by atomic mass is 9.97. The molecule has 0 spiro atoms. The molecule has 3 rings (SSSR count). The summed E-state index contributed by atoms with van der Waals surface area (Å²) >= 11 is 1.55. The van der Waals surface area contributed by atoms with Gasteiger partial charge >= 0.3 is 0 Å². The summed E-state index contributed by atoms with van der Waals surface area (Å²) < 4.78 is 26.3. The van der Waals surface area contributed by atoms with Crippen molar-refractivity contribution in [2.75, 3.05) is 25.4 Å². The number of sulfonamides is 1. The molecule has 0 radical (unpaired) electrons. The number of hydrogen-bond donors (Lipinski definition) is 1. The lowest BCUT2D eigenvalue weighted by Gasteiger charge is -2.29. The zero-order valence-electron chi connectivity index (χ0n) is 13.8. The van der Waals surface area contributed by atoms with Crippen LogP contribution < -0.4 is 5.32 Å². The van der Waals surface area contributed by atoms with E-state index in [9.17, 15) is 13.2 Å². The summed E-state index contributed by atoms with van der Waals surface area (Å²) in [5, 5.41) is 4.77. The predicted octanol–water partition coefficient (Wildman–Crippen LogP) is 1.92. The van der Waals surface area contributed by atoms with Gasteiger partial charge in [-0.15, -0.1) is 0 Å². The van der Waals surface area contributed by atoms with Gasteiger partial charge in [0.25, 0.3) is 0 Å². The number of carbonyl (C=O) groups excluding carboxylic acids is 1. The molecule has 25 heavy (non-hydrogen) atoms. The Morgan fingerprint density at radius 3 is 2.60 bits per heavy atom. The minimum atomic E-state index is -3.46. The summed E-state index contributed by atoms with van der Waals surface area (Å²) in [5.41, 5.74) is 0.843. The standard InChI is InChI=1S/C17H21N3O3S2/c21-16(19-17-18-9-12-24-17)15-6-10-20(11-7-15)25(22,23)13-8-14-4-2-1-3-5-14/h1-5,8,13,15H,6-7,9-12H2,(H,18,19,21). The molecule has 6 nitrogen and oxygen atoms in total. The maximum absolute atomic E-state index is 12.4. The number of thioether (sulfide) groups is 1. The number of amides is 1. The van der Waals surface area contributed by atoms with Crippen LogP contribution in [-0.4, -0.2) is 49.2 Å². The smallest absolute Gasteiger partial charge is 0.236 e. The van der Waals surface area contributed by atoms with Gasteiger partial charge in [0.1, 0.15) is 0 Å². The predicted molar refractivity (Wildman–Crippen MR) is 102 cm³/mol. The number of amidine groups is 1. The Labute approximate surface area is 152 Å². The molecule has 0 bridgehead atoms. The second-order valence-electron chi connectivity index (χ2n) is 5.96. The molecule has 1 saturated heterocycles. The van der Waals surface area contributed by atoms with E-state index >= 15 is 0 Å². The Morgan fingerprint density at radius 2 is 1.96 bits per heavy atom. The van der Waals surface area contributed by atoms with Crippen LogP contribution in [0.15, 0.2) is 40.7 Å². The van der Waals surface area contributed by atoms with E-state index in [-0.39, 0.29) is 11.8 Å². The SMILES string of the molecule is O=C(NC1=NCCS1)C1CCN(S(=O)(=O)C=Cc2ccccc2)CC1. The zero-order valence-corrected chi connectivity index (χ0v) is 15.4. The number of hydrogen-bond acceptors (Lipinski definition) is 5. The molecular formula is C17H21N3O3S2. The van der Waals surface area contributed by atoms with Gasteiger partial charge in [-0.25, -0.2) is 8.42 Å². The number of rotatable bonds is 4. The van der Waals surface area contributed by atoms with Crippen LogP contribution in [0.4, 0.5) is 0 Å². The maximum atomic E-state index is 12.4. The molecule has 1 N–H and O–H groups in total. The van der Waals surface area contributed by atoms with Crippen LogP contribution in [0.2, 0.25) is 0 Å². The van der Waals surface area contributed by atoms with Crippen LogP contribution in [0.3, 0.4) is 0 Å². The van der Waals surface area contributed by atoms with Crippen LogP contribution in [0, 0.1) is 5.92 Å². The molecule has 0 aliphatic carbocycles. The summed E-state index contributed by atoms with van der Waals surface area (Å²) in [7, 11) is -3.46. The van der Waals surface area contributed by atoms with Gasteiger partial charge in [0.05, 0.1) is 6.54 Å². The number of aliphatic imine (C=N–C) groups is 1. The lowest BCUT2D eigenvalue weighted by molar-refractivity contribution is -0.124. The van der Waals surface area contributed by atoms with Crippen molar-refractivity contribution in [2.45, 2.75) is 12.8 Å². The third-order valence-electron chi connectivity index (χ3n) is 4.23. The zero-order chi connectivity index (χ0) is 17.7. The van der Waals surface area contributed by atoms with E-state index in [4.69, 9.17) is 0 Å². The number of carbonyl (C=O) groups is 1. The highest BCUT2D eigenvalue weighted by Crippen LogP contribution is 2.21. The second kappa shape index (κ2) is 8.16. The van der Waals surface area contributed by atoms with Crippen LogP contribution >= 0.6 is 11.8 Å². The fraction of sp³-hybridized carbons (Fsp3) is 0.412. The first kappa shape index (κ1) is 18.2. The van der Waals surface area contributed by atoms with Gasteiger partial charge in [-0.1, -0.05) is 42.1 Å². The summed E-state index contributed by atoms with van der Waals surface area (Å²) in [6.07, 6.45) is 2.66. The third-order valence-corrected chi connectivity index (χ3v) is 6.69. The van der Waals surface area contributed by atoms with E-state index in [1.807, 2.05) is 30.3 Å². The minimum absolute atomic E-state index is 0.0509. The van der Waals surface area contributed by atoms with Gasteiger partial charge in [-0.05, 0) is 24.5 Å². The van der Waals surface area contributed by atoms with Gasteiger partial charge < -0.3 is 5.32 Å². The fourth-order valence-corrected chi connectivity index (χ4v) is 4.76. The molecular weight excluding hydrogens is 358 g/mol. The Morgan fingerprint density at radius 1 is 1.24 bits per heavy atom. The first-order chi connectivity index (χ1) is 12.0. The summed E-state index contributed by atoms with van der Waals surface area (Å²) in [6, 6.07) is 9.32. The van der Waals surface area contributed by atoms with Gasteiger partial charge in [-0.2, -0.15) is 4.31 Å². The van der Waals surface area contributed by atoms with Crippen LogP contribution in [0.25, 0.3) is 6.08 Å². The normalized spacial score (nSPS) is 19.9. The highest BCUT2D eigenvalue weighted by Gasteiger charge is 2.30. The number of nitrogens with zero attached hydrogens (tertiary/aromatic N) is 2. The van der Waals surface area contributed by atoms with Gasteiger partial charge in [0, 0.05) is 30.2 Å². The van der Waals surface area contributed by atoms with E-state index in [0.29, 0.717) is 31.1 Å². The van der Waals surface area contributed by atoms with Crippen LogP contribution in [0.1, 0.15) is 18.4 Å². The van der Waals surface area contributed by atoms with E-state index in [0.717, 1.165) is 17.9 Å². The van der Waals surface area contributed by atoms with Crippen molar-refractivity contribution in [3.8, 4) is 0 Å². The summed E-state index contributed by atoms with van der Waals surface area (Å²) in [5.74, 6) is 0.693. The monoisotopic (exact) mass is 379 g/mol. The molecule has 1 aromatic carbocycles. The summed E-state index contributed by atoms with van der Waals surface area (Å²) in [6.45, 7) is 1.46. The van der Waals surface area contributed by atoms with Crippen LogP contribution in [-0.2, 0) is 14.8 Å². The molecule has 0 unspecified atom stereocenters. The molecule has 0 saturated carbocycles. The Kier molecular flexibility index (Phi) is 5.93. The Bertz CT molecular complexity index is 768. The maximum Gasteiger partial charge on any atom is 0.236 e. The molecule has 2 heterocycles. The van der Waals surface area contributed by atoms with Gasteiger partial charge in [-0.3, -0.25) is 9.79 Å². The molecule has 2 aliphatic rings. The third kappa shape index (κ3) is 4.93. The fourth-order valence-electron chi connectivity index (χ4n) is 2.81. The van der Waals surface area contributed by atoms with Crippen molar-refractivity contribution in [1.29, 1.82) is 0 Å². The molecule has 0 atom stereocenters. The first-order valence-electron chi connectivity index (χ1n) is 8.26. The molecule has 1 amide bonds. The lowest BCUT2D eigenvalue weighted by Crippen LogP contribution is -2.43. The number of piperidine rings is 1.